The van der Waals surface area contributed by atoms with Crippen LogP contribution >= 0.6 is 11.6 Å². The van der Waals surface area contributed by atoms with Crippen molar-refractivity contribution >= 4 is 17.7 Å². The molecule has 0 fully saturated rings. The molecule has 0 aromatic heterocycles. The maximum Gasteiger partial charge on any atom is 0.124 e. The third-order valence-electron chi connectivity index (χ3n) is 2.20. The van der Waals surface area contributed by atoms with E-state index in [4.69, 9.17) is 11.6 Å². The van der Waals surface area contributed by atoms with Crippen molar-refractivity contribution in [3.05, 3.63) is 40.2 Å². The van der Waals surface area contributed by atoms with Gasteiger partial charge < -0.3 is 5.32 Å². The molecule has 0 heterocycles. The van der Waals surface area contributed by atoms with Gasteiger partial charge in [-0.15, -0.1) is 0 Å². The van der Waals surface area contributed by atoms with Gasteiger partial charge in [-0.2, -0.15) is 0 Å². The summed E-state index contributed by atoms with van der Waals surface area (Å²) in [5.74, 6) is -0.302. The van der Waals surface area contributed by atoms with Crippen LogP contribution in [0.15, 0.2) is 23.8 Å². The van der Waals surface area contributed by atoms with Gasteiger partial charge in [0.2, 0.25) is 0 Å². The number of hydrogen-bond donors (Lipinski definition) is 1. The Morgan fingerprint density at radius 2 is 2.25 bits per heavy atom. The second kappa shape index (κ2) is 6.66. The minimum Gasteiger partial charge on any atom is -0.313 e. The van der Waals surface area contributed by atoms with E-state index >= 15 is 0 Å². The van der Waals surface area contributed by atoms with Gasteiger partial charge in [0, 0.05) is 6.54 Å². The Bertz CT molecular complexity index is 374. The van der Waals surface area contributed by atoms with E-state index in [2.05, 4.69) is 12.2 Å². The Kier molecular flexibility index (Phi) is 5.50. The highest BCUT2D eigenvalue weighted by atomic mass is 35.5. The molecule has 0 atom stereocenters. The second-order valence-electron chi connectivity index (χ2n) is 3.83. The van der Waals surface area contributed by atoms with E-state index in [0.717, 1.165) is 25.1 Å². The standard InChI is InChI=1S/C13H17ClFN/c1-3-6-16-9-10(2)7-11-4-5-12(15)8-13(11)14/h4-5,7-8,16H,3,6,9H2,1-2H3/b10-7+. The van der Waals surface area contributed by atoms with Gasteiger partial charge in [0.1, 0.15) is 5.82 Å². The van der Waals surface area contributed by atoms with Crippen molar-refractivity contribution in [2.75, 3.05) is 13.1 Å². The largest absolute Gasteiger partial charge is 0.313 e. The van der Waals surface area contributed by atoms with Gasteiger partial charge in [0.25, 0.3) is 0 Å². The molecule has 3 heteroatoms. The normalized spacial score (nSPS) is 11.9. The number of halogens is 2. The first-order valence-electron chi connectivity index (χ1n) is 5.46. The predicted octanol–water partition coefficient (Wildman–Crippen LogP) is 3.88. The van der Waals surface area contributed by atoms with E-state index in [-0.39, 0.29) is 5.82 Å². The van der Waals surface area contributed by atoms with Crippen LogP contribution in [0.3, 0.4) is 0 Å². The Morgan fingerprint density at radius 1 is 1.50 bits per heavy atom. The van der Waals surface area contributed by atoms with Crippen molar-refractivity contribution in [2.45, 2.75) is 20.3 Å². The van der Waals surface area contributed by atoms with Crippen molar-refractivity contribution < 1.29 is 4.39 Å². The van der Waals surface area contributed by atoms with Gasteiger partial charge in [-0.05, 0) is 37.6 Å². The summed E-state index contributed by atoms with van der Waals surface area (Å²) >= 11 is 5.93. The highest BCUT2D eigenvalue weighted by Gasteiger charge is 1.99. The van der Waals surface area contributed by atoms with Crippen LogP contribution in [0.25, 0.3) is 6.08 Å². The quantitative estimate of drug-likeness (QED) is 0.772. The summed E-state index contributed by atoms with van der Waals surface area (Å²) in [5, 5.41) is 3.75. The second-order valence-corrected chi connectivity index (χ2v) is 4.24. The zero-order chi connectivity index (χ0) is 12.0. The van der Waals surface area contributed by atoms with Gasteiger partial charge in [-0.25, -0.2) is 4.39 Å². The first kappa shape index (κ1) is 13.2. The van der Waals surface area contributed by atoms with Gasteiger partial charge in [0.05, 0.1) is 5.02 Å². The van der Waals surface area contributed by atoms with Crippen LogP contribution in [0.5, 0.6) is 0 Å². The van der Waals surface area contributed by atoms with E-state index < -0.39 is 0 Å². The first-order chi connectivity index (χ1) is 7.63. The maximum absolute atomic E-state index is 12.8. The van der Waals surface area contributed by atoms with Gasteiger partial charge in [0.15, 0.2) is 0 Å². The lowest BCUT2D eigenvalue weighted by Gasteiger charge is -2.04. The summed E-state index contributed by atoms with van der Waals surface area (Å²) in [7, 11) is 0. The van der Waals surface area contributed by atoms with Crippen LogP contribution in [-0.2, 0) is 0 Å². The molecule has 1 nitrogen and oxygen atoms in total. The van der Waals surface area contributed by atoms with Crippen LogP contribution < -0.4 is 5.32 Å². The molecule has 0 bridgehead atoms. The molecular weight excluding hydrogens is 225 g/mol. The lowest BCUT2D eigenvalue weighted by atomic mass is 10.1. The Hall–Kier alpha value is -0.860. The fourth-order valence-electron chi connectivity index (χ4n) is 1.40. The summed E-state index contributed by atoms with van der Waals surface area (Å²) in [4.78, 5) is 0. The summed E-state index contributed by atoms with van der Waals surface area (Å²) < 4.78 is 12.8. The first-order valence-corrected chi connectivity index (χ1v) is 5.84. The van der Waals surface area contributed by atoms with Crippen molar-refractivity contribution in [2.24, 2.45) is 0 Å². The minimum absolute atomic E-state index is 0.302. The summed E-state index contributed by atoms with van der Waals surface area (Å²) in [6.45, 7) is 6.00. The molecule has 0 saturated carbocycles. The number of benzene rings is 1. The predicted molar refractivity (Wildman–Crippen MR) is 68.2 cm³/mol. The maximum atomic E-state index is 12.8. The van der Waals surface area contributed by atoms with E-state index in [1.54, 1.807) is 6.07 Å². The monoisotopic (exact) mass is 241 g/mol. The molecule has 1 aromatic carbocycles. The molecule has 0 aliphatic carbocycles. The molecule has 0 aliphatic rings. The Labute approximate surface area is 101 Å². The van der Waals surface area contributed by atoms with Crippen LogP contribution in [-0.4, -0.2) is 13.1 Å². The van der Waals surface area contributed by atoms with Crippen LogP contribution in [0.1, 0.15) is 25.8 Å². The molecule has 1 rings (SSSR count). The van der Waals surface area contributed by atoms with Gasteiger partial charge in [-0.1, -0.05) is 36.2 Å². The van der Waals surface area contributed by atoms with Crippen LogP contribution in [0, 0.1) is 5.82 Å². The van der Waals surface area contributed by atoms with E-state index in [1.807, 2.05) is 13.0 Å². The fourth-order valence-corrected chi connectivity index (χ4v) is 1.62. The van der Waals surface area contributed by atoms with Crippen LogP contribution in [0.4, 0.5) is 4.39 Å². The Morgan fingerprint density at radius 3 is 2.88 bits per heavy atom. The number of rotatable bonds is 5. The average molecular weight is 242 g/mol. The minimum atomic E-state index is -0.302. The molecule has 1 N–H and O–H groups in total. The highest BCUT2D eigenvalue weighted by Crippen LogP contribution is 2.19. The SMILES string of the molecule is CCCNC/C(C)=C/c1ccc(F)cc1Cl. The third kappa shape index (κ3) is 4.33. The lowest BCUT2D eigenvalue weighted by Crippen LogP contribution is -2.16. The van der Waals surface area contributed by atoms with Gasteiger partial charge >= 0.3 is 0 Å². The van der Waals surface area contributed by atoms with Crippen LogP contribution in [0.2, 0.25) is 5.02 Å². The summed E-state index contributed by atoms with van der Waals surface area (Å²) in [5.41, 5.74) is 2.04. The molecule has 16 heavy (non-hydrogen) atoms. The summed E-state index contributed by atoms with van der Waals surface area (Å²) in [6.07, 6.45) is 3.09. The van der Waals surface area contributed by atoms with Crippen molar-refractivity contribution in [1.29, 1.82) is 0 Å². The van der Waals surface area contributed by atoms with Crippen molar-refractivity contribution in [3.8, 4) is 0 Å². The number of nitrogens with one attached hydrogen (secondary N) is 1. The summed E-state index contributed by atoms with van der Waals surface area (Å²) in [6, 6.07) is 4.45. The van der Waals surface area contributed by atoms with E-state index in [9.17, 15) is 4.39 Å². The molecule has 0 amide bonds. The van der Waals surface area contributed by atoms with E-state index in [0.29, 0.717) is 5.02 Å². The lowest BCUT2D eigenvalue weighted by molar-refractivity contribution is 0.628. The molecule has 1 aromatic rings. The number of hydrogen-bond acceptors (Lipinski definition) is 1. The molecule has 88 valence electrons. The Balaban J connectivity index is 2.66. The topological polar surface area (TPSA) is 12.0 Å². The molecule has 0 aliphatic heterocycles. The average Bonchev–Trinajstić information content (AvgIpc) is 2.23. The van der Waals surface area contributed by atoms with Crippen molar-refractivity contribution in [1.82, 2.24) is 5.32 Å². The molecule has 0 radical (unpaired) electrons. The smallest absolute Gasteiger partial charge is 0.124 e. The van der Waals surface area contributed by atoms with E-state index in [1.165, 1.54) is 17.7 Å². The molecule has 0 unspecified atom stereocenters. The zero-order valence-corrected chi connectivity index (χ0v) is 10.4. The zero-order valence-electron chi connectivity index (χ0n) is 9.69. The molecule has 0 spiro atoms. The van der Waals surface area contributed by atoms with Crippen molar-refractivity contribution in [3.63, 3.8) is 0 Å². The molecular formula is C13H17ClFN. The molecule has 0 saturated heterocycles. The van der Waals surface area contributed by atoms with Gasteiger partial charge in [-0.3, -0.25) is 0 Å². The third-order valence-corrected chi connectivity index (χ3v) is 2.52. The fraction of sp³-hybridized carbons (Fsp3) is 0.385. The highest BCUT2D eigenvalue weighted by molar-refractivity contribution is 6.32.